The van der Waals surface area contributed by atoms with Gasteiger partial charge < -0.3 is 10.2 Å². The topological polar surface area (TPSA) is 83.6 Å². The lowest BCUT2D eigenvalue weighted by Crippen LogP contribution is -2.56. The van der Waals surface area contributed by atoms with Crippen LogP contribution in [0.4, 0.5) is 13.2 Å². The summed E-state index contributed by atoms with van der Waals surface area (Å²) in [5.41, 5.74) is -0.211. The molecule has 0 aromatic rings. The van der Waals surface area contributed by atoms with Crippen molar-refractivity contribution < 1.29 is 32.3 Å². The molecule has 32 heavy (non-hydrogen) atoms. The highest BCUT2D eigenvalue weighted by atomic mass is 19.4. The molecular weight excluding hydrogens is 425 g/mol. The molecule has 1 N–H and O–H groups in total. The van der Waals surface area contributed by atoms with Crippen molar-refractivity contribution in [3.05, 3.63) is 0 Å². The van der Waals surface area contributed by atoms with Gasteiger partial charge in [0.15, 0.2) is 5.78 Å². The first-order valence-corrected chi connectivity index (χ1v) is 11.5. The van der Waals surface area contributed by atoms with Gasteiger partial charge in [0.05, 0.1) is 6.42 Å². The molecule has 3 fully saturated rings. The third-order valence-electron chi connectivity index (χ3n) is 7.92. The molecule has 2 amide bonds. The van der Waals surface area contributed by atoms with Crippen molar-refractivity contribution in [2.45, 2.75) is 84.5 Å². The molecule has 1 unspecified atom stereocenters. The number of ketones is 2. The highest BCUT2D eigenvalue weighted by Crippen LogP contribution is 2.65. The van der Waals surface area contributed by atoms with Crippen molar-refractivity contribution >= 4 is 23.4 Å². The summed E-state index contributed by atoms with van der Waals surface area (Å²) in [6.07, 6.45) is -1.16. The zero-order valence-electron chi connectivity index (χ0n) is 19.1. The highest BCUT2D eigenvalue weighted by molar-refractivity contribution is 6.38. The maximum Gasteiger partial charge on any atom is 0.391 e. The van der Waals surface area contributed by atoms with E-state index in [9.17, 15) is 32.3 Å². The fourth-order valence-electron chi connectivity index (χ4n) is 5.85. The Balaban J connectivity index is 1.79. The first-order chi connectivity index (χ1) is 14.8. The van der Waals surface area contributed by atoms with Crippen molar-refractivity contribution in [2.24, 2.45) is 29.1 Å². The van der Waals surface area contributed by atoms with E-state index < -0.39 is 42.2 Å². The predicted octanol–water partition coefficient (Wildman–Crippen LogP) is 3.28. The Bertz CT molecular complexity index is 789. The summed E-state index contributed by atoms with van der Waals surface area (Å²) in [7, 11) is 0. The van der Waals surface area contributed by atoms with Crippen molar-refractivity contribution in [1.82, 2.24) is 10.2 Å². The smallest absolute Gasteiger partial charge is 0.344 e. The zero-order valence-corrected chi connectivity index (χ0v) is 19.1. The molecule has 0 bridgehead atoms. The molecule has 1 heterocycles. The molecule has 3 aliphatic rings. The number of Topliss-reactive ketones (excluding diaryl/α,β-unsaturated/α-hetero) is 2. The third kappa shape index (κ3) is 4.86. The number of carbonyl (C=O) groups is 4. The highest BCUT2D eigenvalue weighted by Gasteiger charge is 2.69. The fourth-order valence-corrected chi connectivity index (χ4v) is 5.85. The summed E-state index contributed by atoms with van der Waals surface area (Å²) >= 11 is 0. The van der Waals surface area contributed by atoms with Gasteiger partial charge in [-0.1, -0.05) is 40.0 Å². The van der Waals surface area contributed by atoms with Crippen LogP contribution in [-0.4, -0.2) is 53.1 Å². The van der Waals surface area contributed by atoms with E-state index in [1.165, 1.54) is 4.90 Å². The number of fused-ring (bicyclic) bond motifs is 1. The van der Waals surface area contributed by atoms with Crippen LogP contribution in [0.25, 0.3) is 0 Å². The number of carbonyl (C=O) groups excluding carboxylic acids is 4. The Hall–Kier alpha value is -1.93. The molecular formula is C23H33F3N2O4. The van der Waals surface area contributed by atoms with Crippen LogP contribution in [0.3, 0.4) is 0 Å². The number of piperidine rings is 1. The molecule has 1 saturated heterocycles. The normalized spacial score (nSPS) is 29.1. The maximum atomic E-state index is 13.3. The second-order valence-corrected chi connectivity index (χ2v) is 10.4. The monoisotopic (exact) mass is 458 g/mol. The lowest BCUT2D eigenvalue weighted by atomic mass is 9.80. The number of hydrogen-bond donors (Lipinski definition) is 1. The zero-order chi connectivity index (χ0) is 24.0. The number of amides is 2. The minimum atomic E-state index is -4.73. The number of nitrogens with zero attached hydrogens (tertiary/aromatic N) is 1. The fraction of sp³-hybridized carbons (Fsp3) is 0.826. The molecule has 2 saturated carbocycles. The molecule has 0 aromatic heterocycles. The number of halogens is 3. The first-order valence-electron chi connectivity index (χ1n) is 11.5. The second-order valence-electron chi connectivity index (χ2n) is 10.4. The Labute approximate surface area is 186 Å². The Morgan fingerprint density at radius 2 is 1.69 bits per heavy atom. The van der Waals surface area contributed by atoms with E-state index in [1.54, 1.807) is 0 Å². The Kier molecular flexibility index (Phi) is 6.78. The van der Waals surface area contributed by atoms with Gasteiger partial charge in [-0.2, -0.15) is 13.2 Å². The van der Waals surface area contributed by atoms with Gasteiger partial charge in [-0.25, -0.2) is 0 Å². The van der Waals surface area contributed by atoms with Gasteiger partial charge in [0.25, 0.3) is 0 Å². The molecule has 1 aliphatic heterocycles. The Morgan fingerprint density at radius 3 is 2.22 bits per heavy atom. The summed E-state index contributed by atoms with van der Waals surface area (Å²) in [5.74, 6) is -3.38. The van der Waals surface area contributed by atoms with Gasteiger partial charge in [-0.05, 0) is 36.0 Å². The van der Waals surface area contributed by atoms with Gasteiger partial charge in [0.1, 0.15) is 12.1 Å². The summed E-state index contributed by atoms with van der Waals surface area (Å²) in [6.45, 7) is 7.09. The molecule has 0 radical (unpaired) electrons. The van der Waals surface area contributed by atoms with Crippen LogP contribution in [0.2, 0.25) is 0 Å². The Morgan fingerprint density at radius 1 is 1.09 bits per heavy atom. The number of likely N-dealkylation sites (tertiary alicyclic amines) is 1. The van der Waals surface area contributed by atoms with Crippen molar-refractivity contribution in [3.8, 4) is 0 Å². The molecule has 9 heteroatoms. The van der Waals surface area contributed by atoms with Crippen LogP contribution < -0.4 is 5.32 Å². The third-order valence-corrected chi connectivity index (χ3v) is 7.92. The number of nitrogens with one attached hydrogen (secondary N) is 1. The SMILES string of the molecule is CC(=O)C(=O)C(CC(F)(F)F)NC(=O)[C@@H]1[C@@H]2[C@H](CN1C(=O)[C@@H](C)C1CCCCC1)C2(C)C. The average molecular weight is 459 g/mol. The lowest BCUT2D eigenvalue weighted by Gasteiger charge is -2.35. The van der Waals surface area contributed by atoms with E-state index in [2.05, 4.69) is 5.32 Å². The van der Waals surface area contributed by atoms with E-state index in [1.807, 2.05) is 20.8 Å². The van der Waals surface area contributed by atoms with Crippen LogP contribution in [-0.2, 0) is 19.2 Å². The molecule has 3 rings (SSSR count). The van der Waals surface area contributed by atoms with Gasteiger partial charge >= 0.3 is 6.18 Å². The van der Waals surface area contributed by atoms with Crippen LogP contribution >= 0.6 is 0 Å². The molecule has 0 spiro atoms. The standard InChI is InChI=1S/C23H33F3N2O4/c1-12(14-8-6-5-7-9-14)21(32)28-11-15-17(22(15,3)4)18(28)20(31)27-16(10-23(24,25)26)19(30)13(2)29/h12,14-18H,5-11H2,1-4H3,(H,27,31)/t12-,15-,16?,17-,18-/m0/s1. The van der Waals surface area contributed by atoms with Gasteiger partial charge in [-0.15, -0.1) is 0 Å². The van der Waals surface area contributed by atoms with E-state index in [4.69, 9.17) is 0 Å². The van der Waals surface area contributed by atoms with Crippen LogP contribution in [0.5, 0.6) is 0 Å². The van der Waals surface area contributed by atoms with Crippen molar-refractivity contribution in [2.75, 3.05) is 6.54 Å². The average Bonchev–Trinajstić information content (AvgIpc) is 3.04. The van der Waals surface area contributed by atoms with E-state index in [0.29, 0.717) is 6.54 Å². The quantitative estimate of drug-likeness (QED) is 0.594. The predicted molar refractivity (Wildman–Crippen MR) is 110 cm³/mol. The number of alkyl halides is 3. The van der Waals surface area contributed by atoms with E-state index >= 15 is 0 Å². The van der Waals surface area contributed by atoms with E-state index in [0.717, 1.165) is 39.0 Å². The summed E-state index contributed by atoms with van der Waals surface area (Å²) < 4.78 is 39.0. The molecule has 0 aromatic carbocycles. The van der Waals surface area contributed by atoms with Crippen molar-refractivity contribution in [3.63, 3.8) is 0 Å². The molecule has 6 nitrogen and oxygen atoms in total. The van der Waals surface area contributed by atoms with Gasteiger partial charge in [0.2, 0.25) is 17.6 Å². The van der Waals surface area contributed by atoms with Gasteiger partial charge in [-0.3, -0.25) is 19.2 Å². The number of hydrogen-bond acceptors (Lipinski definition) is 4. The molecule has 2 aliphatic carbocycles. The largest absolute Gasteiger partial charge is 0.391 e. The van der Waals surface area contributed by atoms with Crippen LogP contribution in [0.1, 0.15) is 66.2 Å². The summed E-state index contributed by atoms with van der Waals surface area (Å²) in [5, 5.41) is 2.17. The van der Waals surface area contributed by atoms with Crippen LogP contribution in [0, 0.1) is 29.1 Å². The maximum absolute atomic E-state index is 13.3. The molecule has 180 valence electrons. The number of rotatable bonds is 7. The molecule has 5 atom stereocenters. The lowest BCUT2D eigenvalue weighted by molar-refractivity contribution is -0.155. The van der Waals surface area contributed by atoms with Gasteiger partial charge in [0, 0.05) is 19.4 Å². The first kappa shape index (κ1) is 24.7. The second kappa shape index (κ2) is 8.78. The summed E-state index contributed by atoms with van der Waals surface area (Å²) in [4.78, 5) is 51.6. The minimum absolute atomic E-state index is 0.0883. The van der Waals surface area contributed by atoms with Crippen molar-refractivity contribution in [1.29, 1.82) is 0 Å². The van der Waals surface area contributed by atoms with E-state index in [-0.39, 0.29) is 35.0 Å². The minimum Gasteiger partial charge on any atom is -0.344 e. The summed E-state index contributed by atoms with van der Waals surface area (Å²) in [6, 6.07) is -2.90. The van der Waals surface area contributed by atoms with Crippen LogP contribution in [0.15, 0.2) is 0 Å².